The molecule has 0 spiro atoms. The van der Waals surface area contributed by atoms with Crippen molar-refractivity contribution < 1.29 is 13.9 Å². The van der Waals surface area contributed by atoms with Gasteiger partial charge in [-0.25, -0.2) is 9.18 Å². The Bertz CT molecular complexity index is 666. The van der Waals surface area contributed by atoms with E-state index in [1.165, 1.54) is 6.07 Å². The third-order valence-electron chi connectivity index (χ3n) is 4.01. The summed E-state index contributed by atoms with van der Waals surface area (Å²) in [6.45, 7) is 6.18. The number of halogens is 2. The van der Waals surface area contributed by atoms with Crippen LogP contribution in [0.25, 0.3) is 0 Å². The van der Waals surface area contributed by atoms with Crippen LogP contribution in [0.5, 0.6) is 0 Å². The van der Waals surface area contributed by atoms with E-state index < -0.39 is 22.9 Å². The number of likely N-dealkylation sites (tertiary alicyclic amines) is 1. The Balaban J connectivity index is 2.17. The molecule has 0 radical (unpaired) electrons. The Labute approximate surface area is 147 Å². The third-order valence-corrected chi connectivity index (χ3v) is 4.24. The molecule has 1 aromatic carbocycles. The van der Waals surface area contributed by atoms with Gasteiger partial charge >= 0.3 is 6.09 Å². The number of amides is 1. The number of ether oxygens (including phenoxy) is 1. The van der Waals surface area contributed by atoms with Crippen LogP contribution in [0, 0.1) is 22.6 Å². The summed E-state index contributed by atoms with van der Waals surface area (Å²) in [7, 11) is 0. The fourth-order valence-corrected chi connectivity index (χ4v) is 3.08. The summed E-state index contributed by atoms with van der Waals surface area (Å²) in [5.74, 6) is -0.425. The lowest BCUT2D eigenvalue weighted by Gasteiger charge is -2.39. The molecule has 0 saturated carbocycles. The van der Waals surface area contributed by atoms with Crippen LogP contribution in [-0.4, -0.2) is 29.7 Å². The first kappa shape index (κ1) is 18.5. The van der Waals surface area contributed by atoms with Crippen molar-refractivity contribution in [2.75, 3.05) is 13.1 Å². The number of nitriles is 1. The van der Waals surface area contributed by atoms with Crippen molar-refractivity contribution in [2.24, 2.45) is 5.41 Å². The van der Waals surface area contributed by atoms with Crippen molar-refractivity contribution in [3.8, 4) is 6.07 Å². The topological polar surface area (TPSA) is 53.3 Å². The number of hydrogen-bond acceptors (Lipinski definition) is 3. The van der Waals surface area contributed by atoms with Crippen molar-refractivity contribution in [3.63, 3.8) is 0 Å². The molecule has 0 bridgehead atoms. The van der Waals surface area contributed by atoms with Crippen LogP contribution in [-0.2, 0) is 11.2 Å². The predicted octanol–water partition coefficient (Wildman–Crippen LogP) is 4.56. The fraction of sp³-hybridized carbons (Fsp3) is 0.556. The van der Waals surface area contributed by atoms with E-state index in [0.717, 1.165) is 0 Å². The maximum atomic E-state index is 14.1. The molecule has 0 N–H and O–H groups in total. The van der Waals surface area contributed by atoms with Gasteiger partial charge in [-0.15, -0.1) is 0 Å². The summed E-state index contributed by atoms with van der Waals surface area (Å²) in [4.78, 5) is 13.8. The number of nitrogens with zero attached hydrogens (tertiary/aromatic N) is 2. The zero-order chi connectivity index (χ0) is 18.0. The van der Waals surface area contributed by atoms with Crippen molar-refractivity contribution >= 4 is 17.7 Å². The van der Waals surface area contributed by atoms with Gasteiger partial charge < -0.3 is 9.64 Å². The second-order valence-electron chi connectivity index (χ2n) is 7.31. The second kappa shape index (κ2) is 6.98. The van der Waals surface area contributed by atoms with Gasteiger partial charge in [0.05, 0.1) is 11.5 Å². The van der Waals surface area contributed by atoms with Crippen LogP contribution in [0.4, 0.5) is 9.18 Å². The molecule has 1 aliphatic heterocycles. The fourth-order valence-electron chi connectivity index (χ4n) is 2.92. The largest absolute Gasteiger partial charge is 0.444 e. The molecule has 1 amide bonds. The zero-order valence-corrected chi connectivity index (χ0v) is 15.0. The van der Waals surface area contributed by atoms with E-state index in [-0.39, 0.29) is 13.0 Å². The van der Waals surface area contributed by atoms with Gasteiger partial charge in [0, 0.05) is 18.1 Å². The van der Waals surface area contributed by atoms with Gasteiger partial charge in [0.25, 0.3) is 0 Å². The van der Waals surface area contributed by atoms with Gasteiger partial charge in [0.15, 0.2) is 0 Å². The Morgan fingerprint density at radius 2 is 2.21 bits per heavy atom. The highest BCUT2D eigenvalue weighted by atomic mass is 35.5. The van der Waals surface area contributed by atoms with Crippen molar-refractivity contribution in [1.29, 1.82) is 5.26 Å². The van der Waals surface area contributed by atoms with Crippen LogP contribution in [0.15, 0.2) is 18.2 Å². The molecule has 0 aliphatic carbocycles. The standard InChI is InChI=1S/C18H22ClFN2O2/c1-17(2,3)24-16(23)22-8-4-7-18(11-21,12-22)10-13-5-6-14(19)9-15(13)20/h5-6,9H,4,7-8,10,12H2,1-3H3. The molecule has 4 nitrogen and oxygen atoms in total. The minimum atomic E-state index is -0.816. The number of benzene rings is 1. The van der Waals surface area contributed by atoms with Crippen LogP contribution in [0.1, 0.15) is 39.2 Å². The predicted molar refractivity (Wildman–Crippen MR) is 90.2 cm³/mol. The minimum Gasteiger partial charge on any atom is -0.444 e. The molecule has 24 heavy (non-hydrogen) atoms. The van der Waals surface area contributed by atoms with E-state index in [1.54, 1.807) is 37.8 Å². The molecule has 1 atom stereocenters. The maximum absolute atomic E-state index is 14.1. The van der Waals surface area contributed by atoms with Gasteiger partial charge in [0.1, 0.15) is 11.4 Å². The Hall–Kier alpha value is -1.80. The average molecular weight is 353 g/mol. The van der Waals surface area contributed by atoms with E-state index in [9.17, 15) is 14.4 Å². The summed E-state index contributed by atoms with van der Waals surface area (Å²) in [6, 6.07) is 6.76. The van der Waals surface area contributed by atoms with E-state index in [0.29, 0.717) is 30.0 Å². The van der Waals surface area contributed by atoms with Crippen LogP contribution in [0.3, 0.4) is 0 Å². The van der Waals surface area contributed by atoms with E-state index in [1.807, 2.05) is 0 Å². The van der Waals surface area contributed by atoms with E-state index in [2.05, 4.69) is 6.07 Å². The Kier molecular flexibility index (Phi) is 5.39. The molecule has 1 aromatic rings. The number of carbonyl (C=O) groups is 1. The molecular weight excluding hydrogens is 331 g/mol. The summed E-state index contributed by atoms with van der Waals surface area (Å²) >= 11 is 5.78. The van der Waals surface area contributed by atoms with Crippen LogP contribution >= 0.6 is 11.6 Å². The molecular formula is C18H22ClFN2O2. The normalized spacial score (nSPS) is 21.2. The van der Waals surface area contributed by atoms with Gasteiger partial charge in [-0.1, -0.05) is 17.7 Å². The third kappa shape index (κ3) is 4.61. The van der Waals surface area contributed by atoms with Crippen molar-refractivity contribution in [3.05, 3.63) is 34.6 Å². The molecule has 2 rings (SSSR count). The molecule has 0 aromatic heterocycles. The highest BCUT2D eigenvalue weighted by molar-refractivity contribution is 6.30. The molecule has 1 unspecified atom stereocenters. The molecule has 6 heteroatoms. The average Bonchev–Trinajstić information content (AvgIpc) is 2.49. The molecule has 130 valence electrons. The lowest BCUT2D eigenvalue weighted by atomic mass is 9.76. The first-order valence-electron chi connectivity index (χ1n) is 7.97. The smallest absolute Gasteiger partial charge is 0.410 e. The van der Waals surface area contributed by atoms with Gasteiger partial charge in [-0.3, -0.25) is 0 Å². The summed E-state index contributed by atoms with van der Waals surface area (Å²) < 4.78 is 19.5. The molecule has 1 heterocycles. The lowest BCUT2D eigenvalue weighted by molar-refractivity contribution is 0.0111. The second-order valence-corrected chi connectivity index (χ2v) is 7.75. The summed E-state index contributed by atoms with van der Waals surface area (Å²) in [5, 5.41) is 10.0. The number of piperidine rings is 1. The SMILES string of the molecule is CC(C)(C)OC(=O)N1CCCC(C#N)(Cc2ccc(Cl)cc2F)C1. The van der Waals surface area contributed by atoms with Gasteiger partial charge in [-0.2, -0.15) is 5.26 Å². The quantitative estimate of drug-likeness (QED) is 0.783. The Morgan fingerprint density at radius 1 is 1.50 bits per heavy atom. The maximum Gasteiger partial charge on any atom is 0.410 e. The first-order valence-corrected chi connectivity index (χ1v) is 8.35. The first-order chi connectivity index (χ1) is 11.1. The van der Waals surface area contributed by atoms with Gasteiger partial charge in [-0.05, 0) is 57.7 Å². The lowest BCUT2D eigenvalue weighted by Crippen LogP contribution is -2.48. The summed E-state index contributed by atoms with van der Waals surface area (Å²) in [6.07, 6.45) is 1.11. The van der Waals surface area contributed by atoms with Gasteiger partial charge in [0.2, 0.25) is 0 Å². The van der Waals surface area contributed by atoms with Crippen molar-refractivity contribution in [1.82, 2.24) is 4.90 Å². The van der Waals surface area contributed by atoms with Crippen LogP contribution in [0.2, 0.25) is 5.02 Å². The molecule has 1 fully saturated rings. The summed E-state index contributed by atoms with van der Waals surface area (Å²) in [5.41, 5.74) is -0.970. The van der Waals surface area contributed by atoms with E-state index in [4.69, 9.17) is 16.3 Å². The molecule has 1 saturated heterocycles. The number of carbonyl (C=O) groups excluding carboxylic acids is 1. The highest BCUT2D eigenvalue weighted by Gasteiger charge is 2.39. The monoisotopic (exact) mass is 352 g/mol. The zero-order valence-electron chi connectivity index (χ0n) is 14.2. The molecule has 1 aliphatic rings. The minimum absolute atomic E-state index is 0.237. The van der Waals surface area contributed by atoms with Crippen molar-refractivity contribution in [2.45, 2.75) is 45.6 Å². The van der Waals surface area contributed by atoms with E-state index >= 15 is 0 Å². The highest BCUT2D eigenvalue weighted by Crippen LogP contribution is 2.34. The Morgan fingerprint density at radius 3 is 2.79 bits per heavy atom. The van der Waals surface area contributed by atoms with Crippen LogP contribution < -0.4 is 0 Å². The number of hydrogen-bond donors (Lipinski definition) is 0. The number of rotatable bonds is 2.